The van der Waals surface area contributed by atoms with Crippen LogP contribution < -0.4 is 5.32 Å². The van der Waals surface area contributed by atoms with Crippen molar-refractivity contribution in [1.82, 2.24) is 15.2 Å². The number of aliphatic hydroxyl groups excluding tert-OH is 1. The molecular formula is C7H9F3N4O. The van der Waals surface area contributed by atoms with Crippen LogP contribution in [0.2, 0.25) is 0 Å². The number of rotatable bonds is 3. The first-order valence-corrected chi connectivity index (χ1v) is 4.08. The largest absolute Gasteiger partial charge is 0.435 e. The average molecular weight is 222 g/mol. The van der Waals surface area contributed by atoms with Gasteiger partial charge in [0.2, 0.25) is 5.95 Å². The molecule has 1 atom stereocenters. The van der Waals surface area contributed by atoms with E-state index in [0.717, 1.165) is 0 Å². The molecule has 1 unspecified atom stereocenters. The minimum Gasteiger partial charge on any atom is -0.392 e. The van der Waals surface area contributed by atoms with Gasteiger partial charge < -0.3 is 10.4 Å². The molecule has 2 N–H and O–H groups in total. The van der Waals surface area contributed by atoms with Gasteiger partial charge in [0.15, 0.2) is 5.69 Å². The molecule has 0 aliphatic heterocycles. The molecule has 0 spiro atoms. The van der Waals surface area contributed by atoms with Crippen LogP contribution in [0.25, 0.3) is 0 Å². The van der Waals surface area contributed by atoms with Gasteiger partial charge in [0, 0.05) is 6.54 Å². The molecule has 5 nitrogen and oxygen atoms in total. The highest BCUT2D eigenvalue weighted by molar-refractivity contribution is 5.23. The first kappa shape index (κ1) is 11.6. The normalized spacial score (nSPS) is 13.7. The van der Waals surface area contributed by atoms with Gasteiger partial charge in [-0.05, 0) is 6.92 Å². The van der Waals surface area contributed by atoms with E-state index in [-0.39, 0.29) is 12.5 Å². The molecule has 0 aliphatic rings. The van der Waals surface area contributed by atoms with Crippen LogP contribution in [-0.4, -0.2) is 32.9 Å². The smallest absolute Gasteiger partial charge is 0.392 e. The molecule has 1 rings (SSSR count). The molecule has 1 aromatic rings. The predicted octanol–water partition coefficient (Wildman–Crippen LogP) is 0.683. The molecule has 1 aromatic heterocycles. The lowest BCUT2D eigenvalue weighted by molar-refractivity contribution is -0.141. The standard InChI is InChI=1S/C7H9F3N4O/c1-4(15)2-11-6-13-5(3-12-14-6)7(8,9)10/h3-4,15H,2H2,1H3,(H,11,13,14). The van der Waals surface area contributed by atoms with E-state index in [9.17, 15) is 13.2 Å². The van der Waals surface area contributed by atoms with Gasteiger partial charge in [0.25, 0.3) is 0 Å². The van der Waals surface area contributed by atoms with E-state index in [0.29, 0.717) is 6.20 Å². The molecule has 0 bridgehead atoms. The third-order valence-electron chi connectivity index (χ3n) is 1.40. The maximum atomic E-state index is 12.2. The van der Waals surface area contributed by atoms with Crippen LogP contribution in [0, 0.1) is 0 Å². The van der Waals surface area contributed by atoms with E-state index in [4.69, 9.17) is 5.11 Å². The second-order valence-corrected chi connectivity index (χ2v) is 2.89. The summed E-state index contributed by atoms with van der Waals surface area (Å²) in [6.45, 7) is 1.54. The van der Waals surface area contributed by atoms with Crippen molar-refractivity contribution in [3.05, 3.63) is 11.9 Å². The summed E-state index contributed by atoms with van der Waals surface area (Å²) in [4.78, 5) is 3.20. The molecule has 0 aromatic carbocycles. The highest BCUT2D eigenvalue weighted by Crippen LogP contribution is 2.26. The minimum atomic E-state index is -4.54. The molecule has 1 heterocycles. The van der Waals surface area contributed by atoms with Crippen molar-refractivity contribution < 1.29 is 18.3 Å². The molecule has 0 saturated carbocycles. The predicted molar refractivity (Wildman–Crippen MR) is 45.0 cm³/mol. The van der Waals surface area contributed by atoms with Crippen LogP contribution in [0.3, 0.4) is 0 Å². The SMILES string of the molecule is CC(O)CNc1nncc(C(F)(F)F)n1. The van der Waals surface area contributed by atoms with Gasteiger partial charge >= 0.3 is 6.18 Å². The van der Waals surface area contributed by atoms with E-state index in [1.54, 1.807) is 0 Å². The van der Waals surface area contributed by atoms with Crippen LogP contribution in [0.5, 0.6) is 0 Å². The molecule has 0 aliphatic carbocycles. The van der Waals surface area contributed by atoms with Crippen LogP contribution >= 0.6 is 0 Å². The molecule has 0 fully saturated rings. The fourth-order valence-corrected chi connectivity index (χ4v) is 0.754. The summed E-state index contributed by atoms with van der Waals surface area (Å²) in [5.74, 6) is -0.259. The number of aliphatic hydroxyl groups is 1. The fourth-order valence-electron chi connectivity index (χ4n) is 0.754. The Hall–Kier alpha value is -1.44. The Morgan fingerprint density at radius 1 is 1.53 bits per heavy atom. The Morgan fingerprint density at radius 3 is 2.73 bits per heavy atom. The van der Waals surface area contributed by atoms with E-state index in [2.05, 4.69) is 20.5 Å². The lowest BCUT2D eigenvalue weighted by atomic mass is 10.4. The van der Waals surface area contributed by atoms with Gasteiger partial charge in [-0.25, -0.2) is 4.98 Å². The molecule has 8 heteroatoms. The Labute approximate surface area is 83.4 Å². The molecule has 84 valence electrons. The highest BCUT2D eigenvalue weighted by Gasteiger charge is 2.33. The Bertz CT molecular complexity index is 328. The first-order chi connectivity index (χ1) is 6.89. The monoisotopic (exact) mass is 222 g/mol. The van der Waals surface area contributed by atoms with Crippen molar-refractivity contribution in [1.29, 1.82) is 0 Å². The van der Waals surface area contributed by atoms with E-state index in [1.165, 1.54) is 6.92 Å². The Balaban J connectivity index is 2.75. The third-order valence-corrected chi connectivity index (χ3v) is 1.40. The van der Waals surface area contributed by atoms with Gasteiger partial charge in [-0.1, -0.05) is 0 Å². The number of nitrogens with zero attached hydrogens (tertiary/aromatic N) is 3. The zero-order chi connectivity index (χ0) is 11.5. The first-order valence-electron chi connectivity index (χ1n) is 4.08. The van der Waals surface area contributed by atoms with Crippen molar-refractivity contribution in [2.24, 2.45) is 0 Å². The number of halogens is 3. The molecule has 0 saturated heterocycles. The molecule has 15 heavy (non-hydrogen) atoms. The van der Waals surface area contributed by atoms with Crippen LogP contribution in [0.15, 0.2) is 6.20 Å². The zero-order valence-electron chi connectivity index (χ0n) is 7.78. The number of nitrogens with one attached hydrogen (secondary N) is 1. The topological polar surface area (TPSA) is 70.9 Å². The summed E-state index contributed by atoms with van der Waals surface area (Å²) in [7, 11) is 0. The summed E-state index contributed by atoms with van der Waals surface area (Å²) in [6, 6.07) is 0. The highest BCUT2D eigenvalue weighted by atomic mass is 19.4. The average Bonchev–Trinajstić information content (AvgIpc) is 2.14. The minimum absolute atomic E-state index is 0.0585. The number of aromatic nitrogens is 3. The van der Waals surface area contributed by atoms with E-state index in [1.807, 2.05) is 0 Å². The van der Waals surface area contributed by atoms with Gasteiger partial charge in [0.05, 0.1) is 12.3 Å². The zero-order valence-corrected chi connectivity index (χ0v) is 7.78. The van der Waals surface area contributed by atoms with E-state index < -0.39 is 18.0 Å². The second kappa shape index (κ2) is 4.39. The summed E-state index contributed by atoms with van der Waals surface area (Å²) in [5.41, 5.74) is -1.12. The summed E-state index contributed by atoms with van der Waals surface area (Å²) in [6.07, 6.45) is -4.71. The lowest BCUT2D eigenvalue weighted by Crippen LogP contribution is -2.19. The van der Waals surface area contributed by atoms with Crippen molar-refractivity contribution in [3.63, 3.8) is 0 Å². The quantitative estimate of drug-likeness (QED) is 0.787. The Kier molecular flexibility index (Phi) is 3.40. The summed E-state index contributed by atoms with van der Waals surface area (Å²) in [5, 5.41) is 17.8. The Morgan fingerprint density at radius 2 is 2.20 bits per heavy atom. The van der Waals surface area contributed by atoms with Crippen molar-refractivity contribution in [3.8, 4) is 0 Å². The maximum absolute atomic E-state index is 12.2. The third kappa shape index (κ3) is 3.66. The van der Waals surface area contributed by atoms with Gasteiger partial charge in [-0.3, -0.25) is 0 Å². The van der Waals surface area contributed by atoms with Gasteiger partial charge in [-0.2, -0.15) is 18.3 Å². The van der Waals surface area contributed by atoms with Gasteiger partial charge in [-0.15, -0.1) is 5.10 Å². The van der Waals surface area contributed by atoms with Crippen molar-refractivity contribution in [2.75, 3.05) is 11.9 Å². The molecule has 0 amide bonds. The summed E-state index contributed by atoms with van der Waals surface area (Å²) < 4.78 is 36.5. The number of hydrogen-bond donors (Lipinski definition) is 2. The fraction of sp³-hybridized carbons (Fsp3) is 0.571. The summed E-state index contributed by atoms with van der Waals surface area (Å²) >= 11 is 0. The van der Waals surface area contributed by atoms with Gasteiger partial charge in [0.1, 0.15) is 0 Å². The number of anilines is 1. The number of hydrogen-bond acceptors (Lipinski definition) is 5. The van der Waals surface area contributed by atoms with Crippen LogP contribution in [0.4, 0.5) is 19.1 Å². The number of alkyl halides is 3. The maximum Gasteiger partial charge on any atom is 0.435 e. The second-order valence-electron chi connectivity index (χ2n) is 2.89. The molecular weight excluding hydrogens is 213 g/mol. The lowest BCUT2D eigenvalue weighted by Gasteiger charge is -2.08. The van der Waals surface area contributed by atoms with Crippen molar-refractivity contribution in [2.45, 2.75) is 19.2 Å². The van der Waals surface area contributed by atoms with Crippen LogP contribution in [-0.2, 0) is 6.18 Å². The van der Waals surface area contributed by atoms with Crippen molar-refractivity contribution >= 4 is 5.95 Å². The molecule has 0 radical (unpaired) electrons. The van der Waals surface area contributed by atoms with Crippen LogP contribution in [0.1, 0.15) is 12.6 Å². The van der Waals surface area contributed by atoms with E-state index >= 15 is 0 Å².